The third-order valence-electron chi connectivity index (χ3n) is 2.97. The summed E-state index contributed by atoms with van der Waals surface area (Å²) in [5, 5.41) is 12.1. The second-order valence-electron chi connectivity index (χ2n) is 4.70. The topological polar surface area (TPSA) is 66.4 Å². The fourth-order valence-corrected chi connectivity index (χ4v) is 2.84. The van der Waals surface area contributed by atoms with Crippen molar-refractivity contribution in [3.8, 4) is 0 Å². The average Bonchev–Trinajstić information content (AvgIpc) is 2.45. The van der Waals surface area contributed by atoms with Crippen molar-refractivity contribution >= 4 is 35.2 Å². The molecule has 1 amide bonds. The van der Waals surface area contributed by atoms with E-state index < -0.39 is 12.0 Å². The number of hydrogen-bond donors (Lipinski definition) is 2. The van der Waals surface area contributed by atoms with Gasteiger partial charge in [-0.25, -0.2) is 4.79 Å². The first-order valence-electron chi connectivity index (χ1n) is 6.86. The van der Waals surface area contributed by atoms with Crippen molar-refractivity contribution in [1.82, 2.24) is 5.32 Å². The maximum Gasteiger partial charge on any atom is 0.330 e. The molecule has 0 heterocycles. The maximum absolute atomic E-state index is 12.1. The number of aliphatic carboxylic acids is 1. The third-order valence-corrected chi connectivity index (χ3v) is 4.46. The van der Waals surface area contributed by atoms with Crippen molar-refractivity contribution in [2.75, 3.05) is 5.75 Å². The van der Waals surface area contributed by atoms with E-state index in [1.54, 1.807) is 31.2 Å². The van der Waals surface area contributed by atoms with E-state index in [9.17, 15) is 14.7 Å². The predicted octanol–water partition coefficient (Wildman–Crippen LogP) is 3.50. The van der Waals surface area contributed by atoms with Crippen LogP contribution >= 0.6 is 23.4 Å². The molecule has 6 heteroatoms. The molecule has 0 aromatic heterocycles. The lowest BCUT2D eigenvalue weighted by molar-refractivity contribution is -0.141. The third kappa shape index (κ3) is 5.98. The Labute approximate surface area is 134 Å². The van der Waals surface area contributed by atoms with Crippen molar-refractivity contribution in [2.45, 2.75) is 38.0 Å². The number of halogens is 1. The Bertz CT molecular complexity index is 478. The highest BCUT2D eigenvalue weighted by Crippen LogP contribution is 2.19. The Morgan fingerprint density at radius 1 is 1.33 bits per heavy atom. The van der Waals surface area contributed by atoms with E-state index >= 15 is 0 Å². The Kier molecular flexibility index (Phi) is 7.61. The van der Waals surface area contributed by atoms with Gasteiger partial charge in [-0.15, -0.1) is 11.8 Å². The second kappa shape index (κ2) is 8.95. The summed E-state index contributed by atoms with van der Waals surface area (Å²) in [6.45, 7) is 3.88. The van der Waals surface area contributed by atoms with Crippen molar-refractivity contribution < 1.29 is 14.7 Å². The molecular formula is C15H20ClNO3S. The zero-order valence-corrected chi connectivity index (χ0v) is 13.7. The van der Waals surface area contributed by atoms with Gasteiger partial charge in [0.05, 0.1) is 5.25 Å². The summed E-state index contributed by atoms with van der Waals surface area (Å²) in [5.41, 5.74) is 0.506. The number of unbranched alkanes of at least 4 members (excludes halogenated alkanes) is 1. The zero-order chi connectivity index (χ0) is 15.8. The molecule has 1 aromatic rings. The zero-order valence-electron chi connectivity index (χ0n) is 12.1. The lowest BCUT2D eigenvalue weighted by Gasteiger charge is -2.18. The van der Waals surface area contributed by atoms with Gasteiger partial charge in [0.2, 0.25) is 5.91 Å². The summed E-state index contributed by atoms with van der Waals surface area (Å²) >= 11 is 7.32. The van der Waals surface area contributed by atoms with Crippen LogP contribution in [0.25, 0.3) is 0 Å². The van der Waals surface area contributed by atoms with E-state index in [1.165, 1.54) is 11.8 Å². The molecule has 0 aliphatic carbocycles. The van der Waals surface area contributed by atoms with Gasteiger partial charge >= 0.3 is 5.97 Å². The van der Waals surface area contributed by atoms with Gasteiger partial charge in [0.25, 0.3) is 0 Å². The van der Waals surface area contributed by atoms with Crippen LogP contribution in [-0.2, 0) is 9.59 Å². The lowest BCUT2D eigenvalue weighted by Crippen LogP contribution is -2.38. The second-order valence-corrected chi connectivity index (χ2v) is 6.58. The van der Waals surface area contributed by atoms with Gasteiger partial charge in [-0.3, -0.25) is 4.79 Å². The summed E-state index contributed by atoms with van der Waals surface area (Å²) in [6.07, 6.45) is 2.12. The monoisotopic (exact) mass is 329 g/mol. The molecule has 116 valence electrons. The number of hydrogen-bond acceptors (Lipinski definition) is 3. The van der Waals surface area contributed by atoms with Crippen molar-refractivity contribution in [3.05, 3.63) is 34.9 Å². The van der Waals surface area contributed by atoms with E-state index in [4.69, 9.17) is 11.6 Å². The molecule has 0 radical (unpaired) electrons. The number of benzene rings is 1. The molecular weight excluding hydrogens is 310 g/mol. The Morgan fingerprint density at radius 2 is 1.95 bits per heavy atom. The minimum absolute atomic E-state index is 0.265. The van der Waals surface area contributed by atoms with Gasteiger partial charge in [-0.05, 0) is 36.8 Å². The van der Waals surface area contributed by atoms with E-state index in [2.05, 4.69) is 12.2 Å². The van der Waals surface area contributed by atoms with Crippen molar-refractivity contribution in [2.24, 2.45) is 0 Å². The first-order chi connectivity index (χ1) is 9.95. The minimum Gasteiger partial charge on any atom is -0.479 e. The molecule has 4 nitrogen and oxygen atoms in total. The number of carboxylic acids is 1. The molecule has 1 rings (SSSR count). The fraction of sp³-hybridized carbons (Fsp3) is 0.467. The van der Waals surface area contributed by atoms with E-state index in [0.29, 0.717) is 10.6 Å². The summed E-state index contributed by atoms with van der Waals surface area (Å²) in [5.74, 6) is -0.459. The molecule has 21 heavy (non-hydrogen) atoms. The molecule has 0 spiro atoms. The SMILES string of the molecule is CCCCSC(C)C(=O)NC(C(=O)O)c1ccc(Cl)cc1. The Balaban J connectivity index is 2.68. The van der Waals surface area contributed by atoms with Gasteiger partial charge in [-0.2, -0.15) is 0 Å². The molecule has 0 saturated carbocycles. The van der Waals surface area contributed by atoms with Gasteiger partial charge in [0, 0.05) is 5.02 Å². The van der Waals surface area contributed by atoms with Gasteiger partial charge in [0.1, 0.15) is 0 Å². The van der Waals surface area contributed by atoms with Crippen LogP contribution in [0.3, 0.4) is 0 Å². The van der Waals surface area contributed by atoms with Crippen LogP contribution in [-0.4, -0.2) is 28.0 Å². The summed E-state index contributed by atoms with van der Waals surface area (Å²) in [7, 11) is 0. The predicted molar refractivity (Wildman–Crippen MR) is 86.8 cm³/mol. The van der Waals surface area contributed by atoms with Gasteiger partial charge in [0.15, 0.2) is 6.04 Å². The largest absolute Gasteiger partial charge is 0.479 e. The number of thioether (sulfide) groups is 1. The molecule has 2 N–H and O–H groups in total. The van der Waals surface area contributed by atoms with Crippen LogP contribution in [0.15, 0.2) is 24.3 Å². The highest BCUT2D eigenvalue weighted by Gasteiger charge is 2.24. The Hall–Kier alpha value is -1.20. The van der Waals surface area contributed by atoms with E-state index in [0.717, 1.165) is 18.6 Å². The number of carbonyl (C=O) groups excluding carboxylic acids is 1. The summed E-state index contributed by atoms with van der Waals surface area (Å²) in [4.78, 5) is 23.4. The number of nitrogens with one attached hydrogen (secondary N) is 1. The number of amides is 1. The molecule has 0 aliphatic heterocycles. The van der Waals surface area contributed by atoms with Crippen molar-refractivity contribution in [3.63, 3.8) is 0 Å². The quantitative estimate of drug-likeness (QED) is 0.716. The first kappa shape index (κ1) is 17.9. The van der Waals surface area contributed by atoms with Crippen LogP contribution in [0.4, 0.5) is 0 Å². The lowest BCUT2D eigenvalue weighted by atomic mass is 10.1. The number of rotatable bonds is 8. The van der Waals surface area contributed by atoms with Crippen LogP contribution in [0.1, 0.15) is 38.3 Å². The van der Waals surface area contributed by atoms with Gasteiger partial charge in [-0.1, -0.05) is 37.1 Å². The molecule has 2 atom stereocenters. The number of carbonyl (C=O) groups is 2. The van der Waals surface area contributed by atoms with Crippen LogP contribution in [0.5, 0.6) is 0 Å². The van der Waals surface area contributed by atoms with Crippen molar-refractivity contribution in [1.29, 1.82) is 0 Å². The minimum atomic E-state index is -1.09. The average molecular weight is 330 g/mol. The first-order valence-corrected chi connectivity index (χ1v) is 8.28. The van der Waals surface area contributed by atoms with Crippen LogP contribution in [0, 0.1) is 0 Å². The molecule has 0 saturated heterocycles. The smallest absolute Gasteiger partial charge is 0.330 e. The Morgan fingerprint density at radius 3 is 2.48 bits per heavy atom. The standard InChI is InChI=1S/C15H20ClNO3S/c1-3-4-9-21-10(2)14(18)17-13(15(19)20)11-5-7-12(16)8-6-11/h5-8,10,13H,3-4,9H2,1-2H3,(H,17,18)(H,19,20). The van der Waals surface area contributed by atoms with Crippen LogP contribution < -0.4 is 5.32 Å². The van der Waals surface area contributed by atoms with Gasteiger partial charge < -0.3 is 10.4 Å². The summed E-state index contributed by atoms with van der Waals surface area (Å²) in [6, 6.07) is 5.38. The highest BCUT2D eigenvalue weighted by atomic mass is 35.5. The molecule has 1 aromatic carbocycles. The molecule has 0 fully saturated rings. The molecule has 0 bridgehead atoms. The normalized spacial score (nSPS) is 13.5. The van der Waals surface area contributed by atoms with Crippen LogP contribution in [0.2, 0.25) is 5.02 Å². The highest BCUT2D eigenvalue weighted by molar-refractivity contribution is 8.00. The fourth-order valence-electron chi connectivity index (χ4n) is 1.68. The number of carboxylic acid groups (broad SMARTS) is 1. The molecule has 0 aliphatic rings. The van der Waals surface area contributed by atoms with E-state index in [-0.39, 0.29) is 11.2 Å². The summed E-state index contributed by atoms with van der Waals surface area (Å²) < 4.78 is 0. The maximum atomic E-state index is 12.1. The van der Waals surface area contributed by atoms with E-state index in [1.807, 2.05) is 0 Å². The molecule has 2 unspecified atom stereocenters.